The van der Waals surface area contributed by atoms with Crippen molar-refractivity contribution in [2.75, 3.05) is 20.9 Å². The molecule has 86 valence electrons. The maximum atomic E-state index is 11.6. The van der Waals surface area contributed by atoms with Gasteiger partial charge in [0, 0.05) is 0 Å². The van der Waals surface area contributed by atoms with Crippen molar-refractivity contribution < 1.29 is 14.3 Å². The van der Waals surface area contributed by atoms with E-state index in [1.54, 1.807) is 6.92 Å². The lowest BCUT2D eigenvalue weighted by Crippen LogP contribution is -2.25. The highest BCUT2D eigenvalue weighted by atomic mass is 16.7. The zero-order valence-electron chi connectivity index (χ0n) is 9.69. The summed E-state index contributed by atoms with van der Waals surface area (Å²) in [7, 11) is 3.77. The molecule has 0 bridgehead atoms. The largest absolute Gasteiger partial charge is 0.454 e. The SMILES string of the molecule is CC(=O)C(c1ccc2c(c1)OCO2)N(C)C. The van der Waals surface area contributed by atoms with Crippen LogP contribution in [-0.2, 0) is 4.79 Å². The van der Waals surface area contributed by atoms with E-state index in [9.17, 15) is 4.79 Å². The number of benzene rings is 1. The van der Waals surface area contributed by atoms with E-state index in [2.05, 4.69) is 0 Å². The first-order valence-corrected chi connectivity index (χ1v) is 5.16. The van der Waals surface area contributed by atoms with Crippen molar-refractivity contribution in [3.05, 3.63) is 23.8 Å². The van der Waals surface area contributed by atoms with Gasteiger partial charge in [0.05, 0.1) is 6.04 Å². The van der Waals surface area contributed by atoms with Gasteiger partial charge in [0.25, 0.3) is 0 Å². The summed E-state index contributed by atoms with van der Waals surface area (Å²) in [6.45, 7) is 1.85. The summed E-state index contributed by atoms with van der Waals surface area (Å²) in [5.74, 6) is 1.57. The number of hydrogen-bond acceptors (Lipinski definition) is 4. The molecule has 0 N–H and O–H groups in total. The van der Waals surface area contributed by atoms with E-state index in [4.69, 9.17) is 9.47 Å². The number of likely N-dealkylation sites (N-methyl/N-ethyl adjacent to an activating group) is 1. The van der Waals surface area contributed by atoms with Crippen LogP contribution in [0.4, 0.5) is 0 Å². The van der Waals surface area contributed by atoms with Crippen molar-refractivity contribution in [1.82, 2.24) is 4.90 Å². The van der Waals surface area contributed by atoms with Crippen molar-refractivity contribution in [3.63, 3.8) is 0 Å². The van der Waals surface area contributed by atoms with Crippen LogP contribution in [0, 0.1) is 0 Å². The van der Waals surface area contributed by atoms with Gasteiger partial charge in [-0.2, -0.15) is 0 Å². The van der Waals surface area contributed by atoms with Crippen LogP contribution in [0.15, 0.2) is 18.2 Å². The van der Waals surface area contributed by atoms with Gasteiger partial charge in [0.2, 0.25) is 6.79 Å². The molecule has 0 aliphatic carbocycles. The fraction of sp³-hybridized carbons (Fsp3) is 0.417. The quantitative estimate of drug-likeness (QED) is 0.777. The van der Waals surface area contributed by atoms with Crippen molar-refractivity contribution >= 4 is 5.78 Å². The van der Waals surface area contributed by atoms with Crippen LogP contribution >= 0.6 is 0 Å². The van der Waals surface area contributed by atoms with Gasteiger partial charge < -0.3 is 9.47 Å². The molecule has 4 nitrogen and oxygen atoms in total. The third kappa shape index (κ3) is 1.88. The molecule has 0 saturated heterocycles. The van der Waals surface area contributed by atoms with Gasteiger partial charge in [-0.25, -0.2) is 0 Å². The number of nitrogens with zero attached hydrogens (tertiary/aromatic N) is 1. The molecular weight excluding hydrogens is 206 g/mol. The van der Waals surface area contributed by atoms with Gasteiger partial charge in [-0.3, -0.25) is 9.69 Å². The number of Topliss-reactive ketones (excluding diaryl/α,β-unsaturated/α-hetero) is 1. The smallest absolute Gasteiger partial charge is 0.231 e. The second-order valence-electron chi connectivity index (χ2n) is 4.09. The van der Waals surface area contributed by atoms with Crippen LogP contribution in [0.2, 0.25) is 0 Å². The maximum Gasteiger partial charge on any atom is 0.231 e. The normalized spacial score (nSPS) is 15.2. The minimum Gasteiger partial charge on any atom is -0.454 e. The van der Waals surface area contributed by atoms with Gasteiger partial charge in [-0.1, -0.05) is 6.07 Å². The van der Waals surface area contributed by atoms with E-state index in [1.165, 1.54) is 0 Å². The Labute approximate surface area is 94.8 Å². The van der Waals surface area contributed by atoms with E-state index in [0.29, 0.717) is 5.75 Å². The monoisotopic (exact) mass is 221 g/mol. The number of ether oxygens (including phenoxy) is 2. The van der Waals surface area contributed by atoms with Crippen LogP contribution in [0.1, 0.15) is 18.5 Å². The molecule has 1 aromatic carbocycles. The molecule has 1 aliphatic rings. The molecule has 1 aromatic rings. The fourth-order valence-electron chi connectivity index (χ4n) is 1.98. The van der Waals surface area contributed by atoms with Crippen LogP contribution in [0.5, 0.6) is 11.5 Å². The van der Waals surface area contributed by atoms with Crippen LogP contribution in [0.3, 0.4) is 0 Å². The zero-order chi connectivity index (χ0) is 11.7. The zero-order valence-corrected chi connectivity index (χ0v) is 9.69. The number of hydrogen-bond donors (Lipinski definition) is 0. The van der Waals surface area contributed by atoms with E-state index in [1.807, 2.05) is 37.2 Å². The van der Waals surface area contributed by atoms with Crippen molar-refractivity contribution in [3.8, 4) is 11.5 Å². The Morgan fingerprint density at radius 1 is 1.31 bits per heavy atom. The van der Waals surface area contributed by atoms with Gasteiger partial charge in [-0.05, 0) is 38.7 Å². The molecule has 1 heterocycles. The first kappa shape index (κ1) is 11.0. The average molecular weight is 221 g/mol. The molecule has 0 aromatic heterocycles. The molecule has 0 saturated carbocycles. The first-order chi connectivity index (χ1) is 7.59. The van der Waals surface area contributed by atoms with E-state index >= 15 is 0 Å². The summed E-state index contributed by atoms with van der Waals surface area (Å²) in [6, 6.07) is 5.39. The van der Waals surface area contributed by atoms with Crippen molar-refractivity contribution in [2.24, 2.45) is 0 Å². The summed E-state index contributed by atoms with van der Waals surface area (Å²) < 4.78 is 10.5. The Morgan fingerprint density at radius 2 is 2.00 bits per heavy atom. The van der Waals surface area contributed by atoms with Gasteiger partial charge in [0.1, 0.15) is 0 Å². The highest BCUT2D eigenvalue weighted by Gasteiger charge is 2.22. The molecule has 1 aliphatic heterocycles. The first-order valence-electron chi connectivity index (χ1n) is 5.16. The predicted molar refractivity (Wildman–Crippen MR) is 59.7 cm³/mol. The van der Waals surface area contributed by atoms with Crippen LogP contribution in [0.25, 0.3) is 0 Å². The Bertz CT molecular complexity index is 415. The number of carbonyl (C=O) groups excluding carboxylic acids is 1. The highest BCUT2D eigenvalue weighted by molar-refractivity contribution is 5.83. The topological polar surface area (TPSA) is 38.8 Å². The average Bonchev–Trinajstić information content (AvgIpc) is 2.63. The molecular formula is C12H15NO3. The molecule has 1 unspecified atom stereocenters. The third-order valence-electron chi connectivity index (χ3n) is 2.61. The summed E-state index contributed by atoms with van der Waals surface area (Å²) in [6.07, 6.45) is 0. The summed E-state index contributed by atoms with van der Waals surface area (Å²) in [5, 5.41) is 0. The van der Waals surface area contributed by atoms with E-state index in [0.717, 1.165) is 11.3 Å². The Morgan fingerprint density at radius 3 is 2.62 bits per heavy atom. The van der Waals surface area contributed by atoms with Gasteiger partial charge >= 0.3 is 0 Å². The molecule has 2 rings (SSSR count). The van der Waals surface area contributed by atoms with Crippen molar-refractivity contribution in [1.29, 1.82) is 0 Å². The van der Waals surface area contributed by atoms with E-state index in [-0.39, 0.29) is 18.6 Å². The summed E-state index contributed by atoms with van der Waals surface area (Å²) in [4.78, 5) is 13.5. The predicted octanol–water partition coefficient (Wildman–Crippen LogP) is 1.61. The molecule has 0 spiro atoms. The molecule has 0 radical (unpaired) electrons. The lowest BCUT2D eigenvalue weighted by molar-refractivity contribution is -0.121. The second kappa shape index (κ2) is 4.14. The maximum absolute atomic E-state index is 11.6. The minimum absolute atomic E-state index is 0.115. The third-order valence-corrected chi connectivity index (χ3v) is 2.61. The standard InChI is InChI=1S/C12H15NO3/c1-8(14)12(13(2)3)9-4-5-10-11(6-9)16-7-15-10/h4-6,12H,7H2,1-3H3. The minimum atomic E-state index is -0.227. The van der Waals surface area contributed by atoms with Gasteiger partial charge in [-0.15, -0.1) is 0 Å². The molecule has 4 heteroatoms. The number of ketones is 1. The van der Waals surface area contributed by atoms with E-state index < -0.39 is 0 Å². The lowest BCUT2D eigenvalue weighted by Gasteiger charge is -2.22. The molecule has 1 atom stereocenters. The lowest BCUT2D eigenvalue weighted by atomic mass is 10.0. The summed E-state index contributed by atoms with van der Waals surface area (Å²) >= 11 is 0. The molecule has 0 amide bonds. The number of fused-ring (bicyclic) bond motifs is 1. The summed E-state index contributed by atoms with van der Waals surface area (Å²) in [5.41, 5.74) is 0.932. The molecule has 0 fully saturated rings. The Balaban J connectivity index is 2.35. The fourth-order valence-corrected chi connectivity index (χ4v) is 1.98. The van der Waals surface area contributed by atoms with Gasteiger partial charge in [0.15, 0.2) is 17.3 Å². The Kier molecular flexibility index (Phi) is 2.83. The molecule has 16 heavy (non-hydrogen) atoms. The number of carbonyl (C=O) groups is 1. The van der Waals surface area contributed by atoms with Crippen molar-refractivity contribution in [2.45, 2.75) is 13.0 Å². The number of rotatable bonds is 3. The van der Waals surface area contributed by atoms with Crippen LogP contribution < -0.4 is 9.47 Å². The Hall–Kier alpha value is -1.55. The highest BCUT2D eigenvalue weighted by Crippen LogP contribution is 2.35. The van der Waals surface area contributed by atoms with Crippen LogP contribution in [-0.4, -0.2) is 31.6 Å². The second-order valence-corrected chi connectivity index (χ2v) is 4.09.